The molecule has 7 nitrogen and oxygen atoms in total. The van der Waals surface area contributed by atoms with E-state index in [-0.39, 0.29) is 22.5 Å². The first-order valence-corrected chi connectivity index (χ1v) is 10.2. The maximum absolute atomic E-state index is 12.3. The summed E-state index contributed by atoms with van der Waals surface area (Å²) < 4.78 is 6.83. The Balaban J connectivity index is 0.00000240. The maximum atomic E-state index is 12.3. The molecule has 4 rings (SSSR count). The van der Waals surface area contributed by atoms with Gasteiger partial charge < -0.3 is 20.9 Å². The fourth-order valence-corrected chi connectivity index (χ4v) is 4.23. The molecule has 1 aromatic heterocycles. The number of anilines is 1. The van der Waals surface area contributed by atoms with Gasteiger partial charge in [-0.25, -0.2) is 4.68 Å². The number of aromatic hydroxyl groups is 1. The monoisotopic (exact) mass is 434 g/mol. The molecule has 5 N–H and O–H groups in total. The molecule has 0 saturated carbocycles. The number of morpholine rings is 1. The lowest BCUT2D eigenvalue weighted by Gasteiger charge is -2.28. The molecule has 29 heavy (non-hydrogen) atoms. The van der Waals surface area contributed by atoms with E-state index in [0.717, 1.165) is 54.2 Å². The van der Waals surface area contributed by atoms with E-state index in [1.54, 1.807) is 6.07 Å². The van der Waals surface area contributed by atoms with E-state index in [2.05, 4.69) is 22.1 Å². The fraction of sp³-hybridized carbons (Fsp3) is 0.250. The number of benzene rings is 2. The zero-order chi connectivity index (χ0) is 19.5. The van der Waals surface area contributed by atoms with Crippen LogP contribution in [0.5, 0.6) is 5.88 Å². The van der Waals surface area contributed by atoms with Crippen molar-refractivity contribution in [2.75, 3.05) is 31.2 Å². The van der Waals surface area contributed by atoms with Gasteiger partial charge in [0.25, 0.3) is 5.56 Å². The Bertz CT molecular complexity index is 1010. The summed E-state index contributed by atoms with van der Waals surface area (Å²) >= 11 is 7.32. The highest BCUT2D eigenvalue weighted by molar-refractivity contribution is 7.99. The van der Waals surface area contributed by atoms with Crippen LogP contribution in [0, 0.1) is 0 Å². The van der Waals surface area contributed by atoms with Crippen molar-refractivity contribution in [3.8, 4) is 5.88 Å². The quantitative estimate of drug-likeness (QED) is 0.565. The van der Waals surface area contributed by atoms with Crippen molar-refractivity contribution < 1.29 is 9.84 Å². The molecule has 2 aromatic carbocycles. The standard InChI is InChI=1S/C20H20ClN3O3S.H3N/c21-16-3-1-2-4-17(16)28-18-19(25)22-24(20(18)26)13-14-5-7-15(8-6-14)23-9-11-27-12-10-23;/h1-8,26H,9-13H2,(H,22,25);1H3. The number of nitrogens with one attached hydrogen (secondary N) is 1. The number of aromatic nitrogens is 2. The smallest absolute Gasteiger partial charge is 0.282 e. The summed E-state index contributed by atoms with van der Waals surface area (Å²) in [4.78, 5) is 15.5. The van der Waals surface area contributed by atoms with Gasteiger partial charge in [0.05, 0.1) is 24.8 Å². The van der Waals surface area contributed by atoms with Crippen LogP contribution in [0.1, 0.15) is 5.56 Å². The fourth-order valence-electron chi connectivity index (χ4n) is 3.11. The number of nitrogens with zero attached hydrogens (tertiary/aromatic N) is 2. The van der Waals surface area contributed by atoms with Gasteiger partial charge in [0.2, 0.25) is 5.88 Å². The molecule has 0 radical (unpaired) electrons. The molecule has 9 heteroatoms. The third-order valence-corrected chi connectivity index (χ3v) is 6.19. The third-order valence-electron chi connectivity index (χ3n) is 4.60. The highest BCUT2D eigenvalue weighted by atomic mass is 35.5. The Morgan fingerprint density at radius 2 is 1.79 bits per heavy atom. The summed E-state index contributed by atoms with van der Waals surface area (Å²) in [5, 5.41) is 13.8. The van der Waals surface area contributed by atoms with E-state index >= 15 is 0 Å². The van der Waals surface area contributed by atoms with Gasteiger partial charge in [-0.2, -0.15) is 0 Å². The van der Waals surface area contributed by atoms with Crippen molar-refractivity contribution in [2.24, 2.45) is 0 Å². The topological polar surface area (TPSA) is 105 Å². The van der Waals surface area contributed by atoms with Gasteiger partial charge in [-0.05, 0) is 29.8 Å². The van der Waals surface area contributed by atoms with Crippen LogP contribution in [0.4, 0.5) is 5.69 Å². The molecule has 0 amide bonds. The summed E-state index contributed by atoms with van der Waals surface area (Å²) in [5.74, 6) is -0.0906. The Labute approximate surface area is 177 Å². The average molecular weight is 435 g/mol. The molecule has 1 saturated heterocycles. The minimum atomic E-state index is -0.340. The molecule has 0 bridgehead atoms. The van der Waals surface area contributed by atoms with Crippen molar-refractivity contribution in [1.82, 2.24) is 15.9 Å². The van der Waals surface area contributed by atoms with Gasteiger partial charge in [-0.1, -0.05) is 47.6 Å². The SMILES string of the molecule is N.O=c1[nH]n(Cc2ccc(N3CCOCC3)cc2)c(O)c1Sc1ccccc1Cl. The van der Waals surface area contributed by atoms with Crippen molar-refractivity contribution in [2.45, 2.75) is 16.3 Å². The number of halogens is 1. The van der Waals surface area contributed by atoms with Crippen LogP contribution in [0.25, 0.3) is 0 Å². The lowest BCUT2D eigenvalue weighted by molar-refractivity contribution is 0.122. The van der Waals surface area contributed by atoms with Gasteiger partial charge >= 0.3 is 0 Å². The maximum Gasteiger partial charge on any atom is 0.282 e. The van der Waals surface area contributed by atoms with E-state index in [9.17, 15) is 9.90 Å². The number of H-pyrrole nitrogens is 1. The van der Waals surface area contributed by atoms with Crippen LogP contribution in [0.2, 0.25) is 5.02 Å². The molecule has 3 aromatic rings. The predicted molar refractivity (Wildman–Crippen MR) is 116 cm³/mol. The first-order chi connectivity index (χ1) is 13.6. The van der Waals surface area contributed by atoms with Crippen molar-refractivity contribution in [3.05, 3.63) is 69.5 Å². The Morgan fingerprint density at radius 1 is 1.10 bits per heavy atom. The second kappa shape index (κ2) is 9.41. The van der Waals surface area contributed by atoms with Crippen LogP contribution in [0.3, 0.4) is 0 Å². The lowest BCUT2D eigenvalue weighted by Crippen LogP contribution is -2.36. The summed E-state index contributed by atoms with van der Waals surface area (Å²) in [5.41, 5.74) is 1.78. The number of hydrogen-bond acceptors (Lipinski definition) is 6. The van der Waals surface area contributed by atoms with Crippen LogP contribution >= 0.6 is 23.4 Å². The van der Waals surface area contributed by atoms with Crippen molar-refractivity contribution in [3.63, 3.8) is 0 Å². The molecule has 0 aliphatic carbocycles. The summed E-state index contributed by atoms with van der Waals surface area (Å²) in [7, 11) is 0. The summed E-state index contributed by atoms with van der Waals surface area (Å²) in [6.07, 6.45) is 0. The average Bonchev–Trinajstić information content (AvgIpc) is 2.98. The third kappa shape index (κ3) is 4.79. The molecule has 0 spiro atoms. The predicted octanol–water partition coefficient (Wildman–Crippen LogP) is 3.73. The lowest BCUT2D eigenvalue weighted by atomic mass is 10.2. The Hall–Kier alpha value is -2.39. The Kier molecular flexibility index (Phi) is 6.92. The minimum Gasteiger partial charge on any atom is -0.493 e. The van der Waals surface area contributed by atoms with Crippen molar-refractivity contribution in [1.29, 1.82) is 0 Å². The first kappa shape index (κ1) is 21.3. The van der Waals surface area contributed by atoms with Gasteiger partial charge in [-0.15, -0.1) is 0 Å². The number of hydrogen-bond donors (Lipinski definition) is 3. The highest BCUT2D eigenvalue weighted by Crippen LogP contribution is 2.35. The van der Waals surface area contributed by atoms with E-state index in [0.29, 0.717) is 11.6 Å². The normalized spacial score (nSPS) is 13.9. The number of ether oxygens (including phenoxy) is 1. The zero-order valence-corrected chi connectivity index (χ0v) is 17.4. The molecule has 154 valence electrons. The van der Waals surface area contributed by atoms with E-state index in [1.165, 1.54) is 4.68 Å². The van der Waals surface area contributed by atoms with Gasteiger partial charge in [0.15, 0.2) is 0 Å². The summed E-state index contributed by atoms with van der Waals surface area (Å²) in [6.45, 7) is 3.62. The molecule has 0 atom stereocenters. The van der Waals surface area contributed by atoms with Gasteiger partial charge in [-0.3, -0.25) is 9.89 Å². The van der Waals surface area contributed by atoms with Crippen LogP contribution in [0.15, 0.2) is 63.1 Å². The largest absolute Gasteiger partial charge is 0.493 e. The van der Waals surface area contributed by atoms with Crippen LogP contribution < -0.4 is 16.6 Å². The van der Waals surface area contributed by atoms with Crippen molar-refractivity contribution >= 4 is 29.1 Å². The molecule has 2 heterocycles. The molecule has 1 aliphatic heterocycles. The molecule has 1 fully saturated rings. The van der Waals surface area contributed by atoms with E-state index < -0.39 is 0 Å². The Morgan fingerprint density at radius 3 is 2.48 bits per heavy atom. The van der Waals surface area contributed by atoms with Crippen LogP contribution in [-0.4, -0.2) is 41.2 Å². The highest BCUT2D eigenvalue weighted by Gasteiger charge is 2.17. The minimum absolute atomic E-state index is 0. The second-order valence-electron chi connectivity index (χ2n) is 6.48. The molecule has 0 unspecified atom stereocenters. The van der Waals surface area contributed by atoms with Gasteiger partial charge in [0.1, 0.15) is 4.90 Å². The first-order valence-electron chi connectivity index (χ1n) is 8.97. The molecule has 1 aliphatic rings. The number of rotatable bonds is 5. The van der Waals surface area contributed by atoms with E-state index in [1.807, 2.05) is 30.3 Å². The second-order valence-corrected chi connectivity index (χ2v) is 7.94. The number of aromatic amines is 1. The summed E-state index contributed by atoms with van der Waals surface area (Å²) in [6, 6.07) is 15.3. The van der Waals surface area contributed by atoms with E-state index in [4.69, 9.17) is 16.3 Å². The van der Waals surface area contributed by atoms with Crippen LogP contribution in [-0.2, 0) is 11.3 Å². The molecular weight excluding hydrogens is 412 g/mol. The zero-order valence-electron chi connectivity index (χ0n) is 15.8. The van der Waals surface area contributed by atoms with Gasteiger partial charge in [0, 0.05) is 23.7 Å². The molecular formula is C20H23ClN4O3S.